The van der Waals surface area contributed by atoms with Crippen LogP contribution in [0.4, 0.5) is 4.39 Å². The zero-order valence-corrected chi connectivity index (χ0v) is 13.9. The molecular formula is C17H18FNO4S. The van der Waals surface area contributed by atoms with E-state index in [0.29, 0.717) is 13.1 Å². The molecule has 1 fully saturated rings. The van der Waals surface area contributed by atoms with E-state index in [2.05, 4.69) is 0 Å². The van der Waals surface area contributed by atoms with Gasteiger partial charge in [0.25, 0.3) is 5.91 Å². The van der Waals surface area contributed by atoms with Gasteiger partial charge in [-0.05, 0) is 31.0 Å². The van der Waals surface area contributed by atoms with Crippen molar-refractivity contribution in [1.29, 1.82) is 0 Å². The highest BCUT2D eigenvalue weighted by molar-refractivity contribution is 7.89. The molecule has 1 aliphatic heterocycles. The molecule has 0 N–H and O–H groups in total. The van der Waals surface area contributed by atoms with Crippen molar-refractivity contribution < 1.29 is 22.0 Å². The van der Waals surface area contributed by atoms with Crippen molar-refractivity contribution in [2.75, 3.05) is 13.1 Å². The van der Waals surface area contributed by atoms with Crippen molar-refractivity contribution in [2.45, 2.75) is 24.3 Å². The molecule has 0 bridgehead atoms. The molecule has 0 radical (unpaired) electrons. The summed E-state index contributed by atoms with van der Waals surface area (Å²) in [7, 11) is -3.60. The first-order valence-corrected chi connectivity index (χ1v) is 9.58. The monoisotopic (exact) mass is 351 g/mol. The molecule has 128 valence electrons. The normalized spacial score (nSPS) is 15.0. The van der Waals surface area contributed by atoms with Crippen molar-refractivity contribution >= 4 is 15.7 Å². The molecule has 3 rings (SSSR count). The third-order valence-electron chi connectivity index (χ3n) is 3.96. The number of nitrogens with zero attached hydrogens (tertiary/aromatic N) is 1. The zero-order valence-electron chi connectivity index (χ0n) is 13.1. The van der Waals surface area contributed by atoms with E-state index >= 15 is 0 Å². The summed E-state index contributed by atoms with van der Waals surface area (Å²) in [5.41, 5.74) is 0.123. The van der Waals surface area contributed by atoms with Crippen molar-refractivity contribution in [3.63, 3.8) is 0 Å². The first-order valence-electron chi connectivity index (χ1n) is 7.76. The highest BCUT2D eigenvalue weighted by Gasteiger charge is 2.24. The quantitative estimate of drug-likeness (QED) is 0.831. The van der Waals surface area contributed by atoms with Crippen molar-refractivity contribution in [3.8, 4) is 0 Å². The summed E-state index contributed by atoms with van der Waals surface area (Å²) in [6.45, 7) is 1.39. The number of likely N-dealkylation sites (tertiary alicyclic amines) is 1. The molecule has 0 aliphatic carbocycles. The lowest BCUT2D eigenvalue weighted by Crippen LogP contribution is -2.27. The lowest BCUT2D eigenvalue weighted by Gasteiger charge is -2.12. The summed E-state index contributed by atoms with van der Waals surface area (Å²) in [5.74, 6) is -1.21. The van der Waals surface area contributed by atoms with E-state index in [1.54, 1.807) is 11.0 Å². The van der Waals surface area contributed by atoms with Gasteiger partial charge in [-0.3, -0.25) is 4.79 Å². The fourth-order valence-corrected chi connectivity index (χ4v) is 4.17. The second-order valence-corrected chi connectivity index (χ2v) is 7.95. The van der Waals surface area contributed by atoms with E-state index < -0.39 is 21.4 Å². The molecule has 2 heterocycles. The van der Waals surface area contributed by atoms with E-state index in [-0.39, 0.29) is 28.7 Å². The number of hydrogen-bond acceptors (Lipinski definition) is 4. The average molecular weight is 351 g/mol. The van der Waals surface area contributed by atoms with Crippen LogP contribution in [0, 0.1) is 5.82 Å². The number of amides is 1. The summed E-state index contributed by atoms with van der Waals surface area (Å²) >= 11 is 0. The molecule has 2 aromatic rings. The smallest absolute Gasteiger partial charge is 0.289 e. The zero-order chi connectivity index (χ0) is 17.2. The predicted octanol–water partition coefficient (Wildman–Crippen LogP) is 2.77. The van der Waals surface area contributed by atoms with Gasteiger partial charge in [0.15, 0.2) is 15.6 Å². The van der Waals surface area contributed by atoms with Gasteiger partial charge in [-0.1, -0.05) is 18.2 Å². The van der Waals surface area contributed by atoms with Crippen LogP contribution in [0.3, 0.4) is 0 Å². The van der Waals surface area contributed by atoms with Crippen LogP contribution in [0.25, 0.3) is 0 Å². The van der Waals surface area contributed by atoms with Crippen LogP contribution in [0.2, 0.25) is 0 Å². The van der Waals surface area contributed by atoms with Crippen molar-refractivity contribution in [2.24, 2.45) is 0 Å². The van der Waals surface area contributed by atoms with Gasteiger partial charge in [-0.2, -0.15) is 0 Å². The van der Waals surface area contributed by atoms with Gasteiger partial charge < -0.3 is 9.32 Å². The minimum atomic E-state index is -3.60. The molecule has 1 aromatic carbocycles. The Balaban J connectivity index is 1.69. The number of sulfone groups is 1. The lowest BCUT2D eigenvalue weighted by molar-refractivity contribution is 0.0759. The second kappa shape index (κ2) is 6.76. The first kappa shape index (κ1) is 16.7. The van der Waals surface area contributed by atoms with Crippen molar-refractivity contribution in [3.05, 3.63) is 59.3 Å². The summed E-state index contributed by atoms with van der Waals surface area (Å²) in [5, 5.41) is 0. The number of furan rings is 1. The molecule has 0 saturated carbocycles. The maximum atomic E-state index is 13.6. The Labute approximate surface area is 140 Å². The van der Waals surface area contributed by atoms with Gasteiger partial charge in [0.2, 0.25) is 0 Å². The van der Waals surface area contributed by atoms with E-state index in [1.807, 2.05) is 0 Å². The number of carbonyl (C=O) groups excluding carboxylic acids is 1. The highest BCUT2D eigenvalue weighted by atomic mass is 32.2. The molecule has 5 nitrogen and oxygen atoms in total. The third-order valence-corrected chi connectivity index (χ3v) is 5.44. The van der Waals surface area contributed by atoms with Gasteiger partial charge in [0.1, 0.15) is 17.3 Å². The van der Waals surface area contributed by atoms with Gasteiger partial charge in [0, 0.05) is 18.7 Å². The topological polar surface area (TPSA) is 67.6 Å². The number of benzene rings is 1. The van der Waals surface area contributed by atoms with Crippen LogP contribution in [0.15, 0.2) is 40.8 Å². The van der Waals surface area contributed by atoms with Gasteiger partial charge in [-0.15, -0.1) is 0 Å². The largest absolute Gasteiger partial charge is 0.455 e. The highest BCUT2D eigenvalue weighted by Crippen LogP contribution is 2.19. The fraction of sp³-hybridized carbons (Fsp3) is 0.353. The van der Waals surface area contributed by atoms with Crippen LogP contribution in [0.1, 0.15) is 34.7 Å². The molecule has 0 spiro atoms. The van der Waals surface area contributed by atoms with E-state index in [4.69, 9.17) is 4.42 Å². The Morgan fingerprint density at radius 2 is 1.79 bits per heavy atom. The number of rotatable bonds is 5. The molecule has 1 saturated heterocycles. The molecular weight excluding hydrogens is 333 g/mol. The molecule has 1 amide bonds. The van der Waals surface area contributed by atoms with E-state index in [0.717, 1.165) is 12.8 Å². The minimum Gasteiger partial charge on any atom is -0.455 e. The summed E-state index contributed by atoms with van der Waals surface area (Å²) in [6, 6.07) is 8.75. The van der Waals surface area contributed by atoms with Crippen LogP contribution in [-0.2, 0) is 21.3 Å². The van der Waals surface area contributed by atoms with E-state index in [9.17, 15) is 17.6 Å². The standard InChI is InChI=1S/C17H18FNO4S/c18-15-6-2-1-5-13(15)11-24(21,22)12-14-7-8-16(23-14)17(20)19-9-3-4-10-19/h1-2,5-8H,3-4,9-12H2. The van der Waals surface area contributed by atoms with Crippen LogP contribution in [0.5, 0.6) is 0 Å². The molecule has 1 aromatic heterocycles. The molecule has 0 unspecified atom stereocenters. The fourth-order valence-electron chi connectivity index (χ4n) is 2.77. The third kappa shape index (κ3) is 3.84. The van der Waals surface area contributed by atoms with Crippen molar-refractivity contribution in [1.82, 2.24) is 4.90 Å². The molecule has 1 aliphatic rings. The predicted molar refractivity (Wildman–Crippen MR) is 86.6 cm³/mol. The summed E-state index contributed by atoms with van der Waals surface area (Å²) < 4.78 is 43.5. The average Bonchev–Trinajstić information content (AvgIpc) is 3.20. The second-order valence-electron chi connectivity index (χ2n) is 5.89. The molecule has 0 atom stereocenters. The Morgan fingerprint density at radius 1 is 1.08 bits per heavy atom. The van der Waals surface area contributed by atoms with Crippen LogP contribution in [-0.4, -0.2) is 32.3 Å². The van der Waals surface area contributed by atoms with Gasteiger partial charge in [0.05, 0.1) is 5.75 Å². The Morgan fingerprint density at radius 3 is 2.50 bits per heavy atom. The SMILES string of the molecule is O=C(c1ccc(CS(=O)(=O)Cc2ccccc2F)o1)N1CCCC1. The Kier molecular flexibility index (Phi) is 4.71. The minimum absolute atomic E-state index is 0.123. The number of halogens is 1. The number of hydrogen-bond donors (Lipinski definition) is 0. The summed E-state index contributed by atoms with van der Waals surface area (Å²) in [4.78, 5) is 13.9. The van der Waals surface area contributed by atoms with Crippen LogP contribution < -0.4 is 0 Å². The Hall–Kier alpha value is -2.15. The van der Waals surface area contributed by atoms with E-state index in [1.165, 1.54) is 30.3 Å². The lowest BCUT2D eigenvalue weighted by atomic mass is 10.2. The molecule has 7 heteroatoms. The number of carbonyl (C=O) groups is 1. The molecule has 24 heavy (non-hydrogen) atoms. The van der Waals surface area contributed by atoms with Gasteiger partial charge in [-0.25, -0.2) is 12.8 Å². The first-order chi connectivity index (χ1) is 11.4. The summed E-state index contributed by atoms with van der Waals surface area (Å²) in [6.07, 6.45) is 1.94. The maximum Gasteiger partial charge on any atom is 0.289 e. The van der Waals surface area contributed by atoms with Crippen LogP contribution >= 0.6 is 0 Å². The maximum absolute atomic E-state index is 13.6. The van der Waals surface area contributed by atoms with Gasteiger partial charge >= 0.3 is 0 Å². The Bertz CT molecular complexity index is 838.